The molecule has 0 saturated carbocycles. The Hall–Kier alpha value is -1.16. The third kappa shape index (κ3) is 1.41. The number of ether oxygens (including phenoxy) is 1. The molecule has 0 atom stereocenters. The molecule has 0 bridgehead atoms. The molecule has 1 aromatic rings. The molecule has 4 nitrogen and oxygen atoms in total. The molecule has 4 heteroatoms. The van der Waals surface area contributed by atoms with Crippen LogP contribution in [-0.4, -0.2) is 23.2 Å². The second kappa shape index (κ2) is 3.12. The van der Waals surface area contributed by atoms with Gasteiger partial charge in [0.05, 0.1) is 11.8 Å². The van der Waals surface area contributed by atoms with E-state index >= 15 is 0 Å². The molecule has 0 fully saturated rings. The summed E-state index contributed by atoms with van der Waals surface area (Å²) < 4.78 is 6.32. The maximum absolute atomic E-state index is 10.1. The highest BCUT2D eigenvalue weighted by atomic mass is 16.5. The number of rotatable bonds is 3. The van der Waals surface area contributed by atoms with Crippen LogP contribution in [0.2, 0.25) is 0 Å². The van der Waals surface area contributed by atoms with Crippen molar-refractivity contribution in [3.63, 3.8) is 0 Å². The molecule has 0 saturated heterocycles. The fraction of sp³-hybridized carbons (Fsp3) is 0.333. The minimum atomic E-state index is 0.383. The van der Waals surface area contributed by atoms with Crippen LogP contribution in [-0.2, 0) is 11.5 Å². The highest BCUT2D eigenvalue weighted by Gasteiger charge is 1.93. The fourth-order valence-electron chi connectivity index (χ4n) is 0.643. The van der Waals surface area contributed by atoms with E-state index in [1.54, 1.807) is 18.0 Å². The third-order valence-electron chi connectivity index (χ3n) is 1.05. The zero-order chi connectivity index (χ0) is 7.40. The van der Waals surface area contributed by atoms with Crippen molar-refractivity contribution >= 4 is 6.29 Å². The Balaban J connectivity index is 2.68. The second-order valence-electron chi connectivity index (χ2n) is 1.85. The molecule has 0 radical (unpaired) electrons. The Morgan fingerprint density at radius 3 is 3.20 bits per heavy atom. The van der Waals surface area contributed by atoms with Gasteiger partial charge in [0.2, 0.25) is 0 Å². The third-order valence-corrected chi connectivity index (χ3v) is 1.05. The van der Waals surface area contributed by atoms with E-state index in [2.05, 4.69) is 5.10 Å². The highest BCUT2D eigenvalue weighted by Crippen LogP contribution is 1.92. The molecule has 0 aliphatic heterocycles. The lowest BCUT2D eigenvalue weighted by atomic mass is 10.4. The van der Waals surface area contributed by atoms with Gasteiger partial charge in [-0.3, -0.25) is 4.79 Å². The molecule has 10 heavy (non-hydrogen) atoms. The molecule has 0 N–H and O–H groups in total. The zero-order valence-electron chi connectivity index (χ0n) is 5.65. The van der Waals surface area contributed by atoms with E-state index in [-0.39, 0.29) is 0 Å². The highest BCUT2D eigenvalue weighted by molar-refractivity contribution is 5.73. The van der Waals surface area contributed by atoms with E-state index in [0.29, 0.717) is 12.3 Å². The van der Waals surface area contributed by atoms with Crippen molar-refractivity contribution < 1.29 is 9.53 Å². The monoisotopic (exact) mass is 140 g/mol. The van der Waals surface area contributed by atoms with E-state index in [0.717, 1.165) is 6.29 Å². The van der Waals surface area contributed by atoms with Gasteiger partial charge >= 0.3 is 0 Å². The van der Waals surface area contributed by atoms with Crippen molar-refractivity contribution in [1.82, 2.24) is 9.78 Å². The number of aldehydes is 1. The number of carbonyl (C=O) groups is 1. The standard InChI is InChI=1S/C6H8N2O2/c1-10-5-8-3-6(4-9)2-7-8/h2-4H,5H2,1H3. The number of methoxy groups -OCH3 is 1. The summed E-state index contributed by atoms with van der Waals surface area (Å²) in [6.07, 6.45) is 3.86. The van der Waals surface area contributed by atoms with Gasteiger partial charge in [-0.15, -0.1) is 0 Å². The van der Waals surface area contributed by atoms with Crippen molar-refractivity contribution in [2.75, 3.05) is 7.11 Å². The minimum absolute atomic E-state index is 0.383. The quantitative estimate of drug-likeness (QED) is 0.567. The van der Waals surface area contributed by atoms with E-state index < -0.39 is 0 Å². The van der Waals surface area contributed by atoms with E-state index in [4.69, 9.17) is 4.74 Å². The van der Waals surface area contributed by atoms with Crippen molar-refractivity contribution in [2.24, 2.45) is 0 Å². The molecule has 1 rings (SSSR count). The van der Waals surface area contributed by atoms with Crippen LogP contribution in [0.1, 0.15) is 10.4 Å². The van der Waals surface area contributed by atoms with Crippen LogP contribution in [0, 0.1) is 0 Å². The summed E-state index contributed by atoms with van der Waals surface area (Å²) in [5.74, 6) is 0. The molecule has 0 spiro atoms. The number of nitrogens with zero attached hydrogens (tertiary/aromatic N) is 2. The summed E-state index contributed by atoms with van der Waals surface area (Å²) in [5, 5.41) is 3.84. The first kappa shape index (κ1) is 6.95. The Morgan fingerprint density at radius 2 is 2.70 bits per heavy atom. The average Bonchev–Trinajstić information content (AvgIpc) is 2.37. The molecular weight excluding hydrogens is 132 g/mol. The molecule has 0 aromatic carbocycles. The normalized spacial score (nSPS) is 9.70. The predicted molar refractivity (Wildman–Crippen MR) is 34.6 cm³/mol. The first-order chi connectivity index (χ1) is 4.86. The molecule has 1 heterocycles. The average molecular weight is 140 g/mol. The van der Waals surface area contributed by atoms with Gasteiger partial charge in [-0.25, -0.2) is 4.68 Å². The maximum Gasteiger partial charge on any atom is 0.153 e. The SMILES string of the molecule is COCn1cc(C=O)cn1. The van der Waals surface area contributed by atoms with Gasteiger partial charge in [-0.2, -0.15) is 5.10 Å². The minimum Gasteiger partial charge on any atom is -0.362 e. The van der Waals surface area contributed by atoms with Crippen LogP contribution in [0.5, 0.6) is 0 Å². The Bertz CT molecular complexity index is 219. The van der Waals surface area contributed by atoms with Crippen LogP contribution >= 0.6 is 0 Å². The van der Waals surface area contributed by atoms with Crippen molar-refractivity contribution in [3.8, 4) is 0 Å². The molecule has 1 aromatic heterocycles. The summed E-state index contributed by atoms with van der Waals surface area (Å²) in [6.45, 7) is 0.383. The topological polar surface area (TPSA) is 44.1 Å². The number of hydrogen-bond acceptors (Lipinski definition) is 3. The molecule has 0 aliphatic carbocycles. The molecule has 0 amide bonds. The lowest BCUT2D eigenvalue weighted by Gasteiger charge is -1.94. The molecule has 0 unspecified atom stereocenters. The van der Waals surface area contributed by atoms with Crippen molar-refractivity contribution in [2.45, 2.75) is 6.73 Å². The summed E-state index contributed by atoms with van der Waals surface area (Å²) in [5.41, 5.74) is 0.567. The van der Waals surface area contributed by atoms with Gasteiger partial charge in [0.1, 0.15) is 6.73 Å². The Kier molecular flexibility index (Phi) is 2.17. The fourth-order valence-corrected chi connectivity index (χ4v) is 0.643. The summed E-state index contributed by atoms with van der Waals surface area (Å²) in [6, 6.07) is 0. The summed E-state index contributed by atoms with van der Waals surface area (Å²) >= 11 is 0. The van der Waals surface area contributed by atoms with Gasteiger partial charge in [-0.1, -0.05) is 0 Å². The number of aromatic nitrogens is 2. The zero-order valence-corrected chi connectivity index (χ0v) is 5.65. The van der Waals surface area contributed by atoms with Crippen LogP contribution < -0.4 is 0 Å². The lowest BCUT2D eigenvalue weighted by molar-refractivity contribution is 0.112. The largest absolute Gasteiger partial charge is 0.362 e. The number of carbonyl (C=O) groups excluding carboxylic acids is 1. The Labute approximate surface area is 58.4 Å². The summed E-state index contributed by atoms with van der Waals surface area (Å²) in [4.78, 5) is 10.1. The molecule has 0 aliphatic rings. The van der Waals surface area contributed by atoms with E-state index in [1.165, 1.54) is 6.20 Å². The van der Waals surface area contributed by atoms with E-state index in [1.807, 2.05) is 0 Å². The van der Waals surface area contributed by atoms with Crippen LogP contribution in [0.25, 0.3) is 0 Å². The van der Waals surface area contributed by atoms with Gasteiger partial charge in [0.15, 0.2) is 6.29 Å². The first-order valence-corrected chi connectivity index (χ1v) is 2.83. The van der Waals surface area contributed by atoms with Crippen molar-refractivity contribution in [3.05, 3.63) is 18.0 Å². The molecule has 54 valence electrons. The van der Waals surface area contributed by atoms with Gasteiger partial charge < -0.3 is 4.74 Å². The second-order valence-corrected chi connectivity index (χ2v) is 1.85. The number of hydrogen-bond donors (Lipinski definition) is 0. The van der Waals surface area contributed by atoms with Gasteiger partial charge in [-0.05, 0) is 0 Å². The maximum atomic E-state index is 10.1. The Morgan fingerprint density at radius 1 is 1.90 bits per heavy atom. The first-order valence-electron chi connectivity index (χ1n) is 2.83. The smallest absolute Gasteiger partial charge is 0.153 e. The van der Waals surface area contributed by atoms with Gasteiger partial charge in [0.25, 0.3) is 0 Å². The predicted octanol–water partition coefficient (Wildman–Crippen LogP) is 0.300. The van der Waals surface area contributed by atoms with Crippen LogP contribution in [0.4, 0.5) is 0 Å². The lowest BCUT2D eigenvalue weighted by Crippen LogP contribution is -1.98. The van der Waals surface area contributed by atoms with Crippen molar-refractivity contribution in [1.29, 1.82) is 0 Å². The van der Waals surface area contributed by atoms with Gasteiger partial charge in [0, 0.05) is 13.3 Å². The summed E-state index contributed by atoms with van der Waals surface area (Å²) in [7, 11) is 1.57. The van der Waals surface area contributed by atoms with E-state index in [9.17, 15) is 4.79 Å². The van der Waals surface area contributed by atoms with Crippen LogP contribution in [0.3, 0.4) is 0 Å². The van der Waals surface area contributed by atoms with Crippen LogP contribution in [0.15, 0.2) is 12.4 Å². The molecular formula is C6H8N2O2.